The third-order valence-corrected chi connectivity index (χ3v) is 10.7. The molecule has 2 aromatic carbocycles. The Morgan fingerprint density at radius 1 is 0.978 bits per heavy atom. The van der Waals surface area contributed by atoms with Crippen LogP contribution in [-0.4, -0.2) is 46.4 Å². The summed E-state index contributed by atoms with van der Waals surface area (Å²) in [5.41, 5.74) is 0.408. The minimum Gasteiger partial charge on any atom is -0.305 e. The van der Waals surface area contributed by atoms with Crippen LogP contribution in [0.5, 0.6) is 0 Å². The quantitative estimate of drug-likeness (QED) is 0.218. The van der Waals surface area contributed by atoms with Crippen molar-refractivity contribution in [2.75, 3.05) is 11.4 Å². The first-order chi connectivity index (χ1) is 21.5. The molecule has 2 aromatic heterocycles. The number of H-pyrrole nitrogens is 1. The summed E-state index contributed by atoms with van der Waals surface area (Å²) >= 11 is 0. The SMILES string of the molecule is Cc1c(F)c(F)c(S(=O)(=O)N2CC[C@@H]2C(=O)N(Cc2ccc(C3CCCCC3)cn2)c2ccc3c(=O)[nH]ncc3c2)c(F)c1F. The van der Waals surface area contributed by atoms with Gasteiger partial charge in [-0.15, -0.1) is 0 Å². The molecule has 2 aliphatic rings. The van der Waals surface area contributed by atoms with Crippen LogP contribution in [0.15, 0.2) is 52.4 Å². The molecule has 236 valence electrons. The van der Waals surface area contributed by atoms with Crippen LogP contribution in [0.25, 0.3) is 10.8 Å². The molecular weight excluding hydrogens is 614 g/mol. The summed E-state index contributed by atoms with van der Waals surface area (Å²) in [5.74, 6) is -8.14. The lowest BCUT2D eigenvalue weighted by Crippen LogP contribution is -2.59. The zero-order chi connectivity index (χ0) is 32.0. The number of halogens is 4. The molecule has 0 spiro atoms. The molecule has 1 aliphatic heterocycles. The Morgan fingerprint density at radius 3 is 2.31 bits per heavy atom. The predicted octanol–water partition coefficient (Wildman–Crippen LogP) is 5.23. The standard InChI is InChI=1S/C31H29F4N5O4S/c1-17-25(32)27(34)29(28(35)26(17)33)45(43,44)40-12-11-24(40)31(42)39(22-9-10-23-20(13-22)15-37-38-30(23)41)16-21-8-7-19(14-36-21)18-5-3-2-4-6-18/h7-10,13-15,18,24H,2-6,11-12,16H2,1H3,(H,38,41)/t24-/m1/s1. The van der Waals surface area contributed by atoms with Crippen LogP contribution in [0.4, 0.5) is 23.2 Å². The third-order valence-electron chi connectivity index (χ3n) is 8.74. The fourth-order valence-electron chi connectivity index (χ4n) is 6.06. The number of nitrogens with zero attached hydrogens (tertiary/aromatic N) is 4. The van der Waals surface area contributed by atoms with Crippen molar-refractivity contribution in [2.45, 2.75) is 68.8 Å². The molecule has 45 heavy (non-hydrogen) atoms. The van der Waals surface area contributed by atoms with Crippen LogP contribution in [0.1, 0.15) is 61.3 Å². The minimum atomic E-state index is -5.18. The van der Waals surface area contributed by atoms with Gasteiger partial charge in [-0.05, 0) is 61.9 Å². The normalized spacial score (nSPS) is 17.8. The lowest BCUT2D eigenvalue weighted by Gasteiger charge is -2.41. The highest BCUT2D eigenvalue weighted by Gasteiger charge is 2.47. The van der Waals surface area contributed by atoms with Gasteiger partial charge in [-0.3, -0.25) is 14.6 Å². The van der Waals surface area contributed by atoms with Crippen LogP contribution in [0.3, 0.4) is 0 Å². The van der Waals surface area contributed by atoms with Gasteiger partial charge in [-0.1, -0.05) is 25.3 Å². The van der Waals surface area contributed by atoms with Crippen molar-refractivity contribution in [1.29, 1.82) is 0 Å². The average molecular weight is 644 g/mol. The van der Waals surface area contributed by atoms with E-state index in [0.29, 0.717) is 26.7 Å². The second-order valence-corrected chi connectivity index (χ2v) is 13.3. The minimum absolute atomic E-state index is 0.0164. The van der Waals surface area contributed by atoms with Crippen LogP contribution >= 0.6 is 0 Å². The van der Waals surface area contributed by atoms with Crippen molar-refractivity contribution in [3.05, 3.63) is 93.2 Å². The zero-order valence-corrected chi connectivity index (χ0v) is 25.0. The molecule has 3 heterocycles. The number of benzene rings is 2. The molecule has 1 amide bonds. The van der Waals surface area contributed by atoms with E-state index in [0.717, 1.165) is 38.2 Å². The zero-order valence-electron chi connectivity index (χ0n) is 24.2. The molecule has 4 aromatic rings. The molecule has 0 radical (unpaired) electrons. The Morgan fingerprint density at radius 2 is 1.69 bits per heavy atom. The summed E-state index contributed by atoms with van der Waals surface area (Å²) in [7, 11) is -5.18. The van der Waals surface area contributed by atoms with Crippen molar-refractivity contribution < 1.29 is 30.8 Å². The number of hydrogen-bond acceptors (Lipinski definition) is 6. The van der Waals surface area contributed by atoms with E-state index in [9.17, 15) is 35.6 Å². The predicted molar refractivity (Wildman–Crippen MR) is 157 cm³/mol. The van der Waals surface area contributed by atoms with Gasteiger partial charge < -0.3 is 4.90 Å². The van der Waals surface area contributed by atoms with E-state index in [-0.39, 0.29) is 25.2 Å². The average Bonchev–Trinajstić information content (AvgIpc) is 3.01. The molecule has 1 aliphatic carbocycles. The Bertz CT molecular complexity index is 1930. The van der Waals surface area contributed by atoms with Gasteiger partial charge in [0, 0.05) is 29.4 Å². The van der Waals surface area contributed by atoms with Gasteiger partial charge in [-0.25, -0.2) is 31.1 Å². The number of sulfonamides is 1. The van der Waals surface area contributed by atoms with E-state index < -0.39 is 61.3 Å². The maximum Gasteiger partial charge on any atom is 0.272 e. The van der Waals surface area contributed by atoms with Crippen molar-refractivity contribution in [3.63, 3.8) is 0 Å². The Hall–Kier alpha value is -4.17. The number of pyridine rings is 1. The smallest absolute Gasteiger partial charge is 0.272 e. The largest absolute Gasteiger partial charge is 0.305 e. The van der Waals surface area contributed by atoms with Crippen LogP contribution in [0, 0.1) is 30.2 Å². The number of fused-ring (bicyclic) bond motifs is 1. The highest BCUT2D eigenvalue weighted by atomic mass is 32.2. The number of carbonyl (C=O) groups excluding carboxylic acids is 1. The van der Waals surface area contributed by atoms with Crippen molar-refractivity contribution in [1.82, 2.24) is 19.5 Å². The number of rotatable bonds is 7. The Labute approximate surface area is 255 Å². The first-order valence-corrected chi connectivity index (χ1v) is 16.0. The number of hydrogen-bond donors (Lipinski definition) is 1. The van der Waals surface area contributed by atoms with E-state index in [1.165, 1.54) is 35.7 Å². The van der Waals surface area contributed by atoms with Crippen LogP contribution < -0.4 is 10.5 Å². The Kier molecular flexibility index (Phi) is 8.20. The molecule has 14 heteroatoms. The molecule has 2 fully saturated rings. The summed E-state index contributed by atoms with van der Waals surface area (Å²) in [6, 6.07) is 6.84. The van der Waals surface area contributed by atoms with E-state index in [1.807, 2.05) is 6.07 Å². The molecule has 1 N–H and O–H groups in total. The van der Waals surface area contributed by atoms with Gasteiger partial charge in [0.2, 0.25) is 15.9 Å². The monoisotopic (exact) mass is 643 g/mol. The maximum absolute atomic E-state index is 14.8. The van der Waals surface area contributed by atoms with Gasteiger partial charge in [0.05, 0.1) is 23.8 Å². The van der Waals surface area contributed by atoms with Gasteiger partial charge in [0.15, 0.2) is 28.2 Å². The highest BCUT2D eigenvalue weighted by Crippen LogP contribution is 2.36. The van der Waals surface area contributed by atoms with Crippen molar-refractivity contribution in [3.8, 4) is 0 Å². The van der Waals surface area contributed by atoms with Gasteiger partial charge >= 0.3 is 0 Å². The second-order valence-electron chi connectivity index (χ2n) is 11.4. The number of aromatic amines is 1. The topological polar surface area (TPSA) is 116 Å². The molecule has 1 saturated heterocycles. The van der Waals surface area contributed by atoms with E-state index in [4.69, 9.17) is 0 Å². The van der Waals surface area contributed by atoms with E-state index in [1.54, 1.807) is 12.3 Å². The fourth-order valence-corrected chi connectivity index (χ4v) is 7.80. The first-order valence-electron chi connectivity index (χ1n) is 14.6. The highest BCUT2D eigenvalue weighted by molar-refractivity contribution is 7.89. The lowest BCUT2D eigenvalue weighted by atomic mass is 9.85. The summed E-state index contributed by atoms with van der Waals surface area (Å²) in [5, 5.41) is 6.84. The molecule has 1 atom stereocenters. The van der Waals surface area contributed by atoms with E-state index >= 15 is 0 Å². The maximum atomic E-state index is 14.8. The summed E-state index contributed by atoms with van der Waals surface area (Å²) in [6.07, 6.45) is 8.77. The fraction of sp³-hybridized carbons (Fsp3) is 0.355. The van der Waals surface area contributed by atoms with Gasteiger partial charge in [-0.2, -0.15) is 9.40 Å². The summed E-state index contributed by atoms with van der Waals surface area (Å²) in [4.78, 5) is 30.3. The molecule has 6 rings (SSSR count). The van der Waals surface area contributed by atoms with Crippen molar-refractivity contribution >= 4 is 32.4 Å². The summed E-state index contributed by atoms with van der Waals surface area (Å²) < 4.78 is 85.5. The third kappa shape index (κ3) is 5.50. The molecule has 1 saturated carbocycles. The first kappa shape index (κ1) is 30.8. The van der Waals surface area contributed by atoms with E-state index in [2.05, 4.69) is 15.2 Å². The molecular formula is C31H29F4N5O4S. The molecule has 9 nitrogen and oxygen atoms in total. The number of nitrogens with one attached hydrogen (secondary N) is 1. The second kappa shape index (κ2) is 12.0. The molecule has 0 unspecified atom stereocenters. The van der Waals surface area contributed by atoms with Crippen LogP contribution in [-0.2, 0) is 21.4 Å². The van der Waals surface area contributed by atoms with Crippen LogP contribution in [0.2, 0.25) is 0 Å². The number of amides is 1. The summed E-state index contributed by atoms with van der Waals surface area (Å²) in [6.45, 7) is 0.366. The Balaban J connectivity index is 1.35. The van der Waals surface area contributed by atoms with Gasteiger partial charge in [0.1, 0.15) is 6.04 Å². The van der Waals surface area contributed by atoms with Gasteiger partial charge in [0.25, 0.3) is 5.56 Å². The van der Waals surface area contributed by atoms with Crippen molar-refractivity contribution in [2.24, 2.45) is 0 Å². The number of anilines is 1. The lowest BCUT2D eigenvalue weighted by molar-refractivity contribution is -0.125. The number of carbonyl (C=O) groups is 1. The number of aromatic nitrogens is 3. The molecule has 0 bridgehead atoms.